The molecule has 0 fully saturated rings. The summed E-state index contributed by atoms with van der Waals surface area (Å²) in [6.07, 6.45) is 0. The van der Waals surface area contributed by atoms with E-state index in [4.69, 9.17) is 0 Å². The van der Waals surface area contributed by atoms with Crippen molar-refractivity contribution in [3.8, 4) is 0 Å². The van der Waals surface area contributed by atoms with Crippen molar-refractivity contribution in [3.05, 3.63) is 69.7 Å². The van der Waals surface area contributed by atoms with Crippen molar-refractivity contribution in [2.75, 3.05) is 0 Å². The van der Waals surface area contributed by atoms with Crippen LogP contribution in [0.1, 0.15) is 18.1 Å². The molecule has 0 radical (unpaired) electrons. The summed E-state index contributed by atoms with van der Waals surface area (Å²) in [6, 6.07) is 10.1. The fraction of sp³-hybridized carbons (Fsp3) is 0.143. The summed E-state index contributed by atoms with van der Waals surface area (Å²) in [5.41, 5.74) is -0.968. The SMILES string of the molecule is CC(O)(c1ccc(F)cc1F)c1ccccc1Br. The number of aliphatic hydroxyl groups is 1. The van der Waals surface area contributed by atoms with E-state index in [9.17, 15) is 13.9 Å². The average molecular weight is 313 g/mol. The van der Waals surface area contributed by atoms with Crippen LogP contribution in [0.25, 0.3) is 0 Å². The first-order valence-corrected chi connectivity index (χ1v) is 6.15. The number of hydrogen-bond acceptors (Lipinski definition) is 1. The van der Waals surface area contributed by atoms with E-state index in [1.54, 1.807) is 24.3 Å². The van der Waals surface area contributed by atoms with Crippen molar-refractivity contribution in [3.63, 3.8) is 0 Å². The van der Waals surface area contributed by atoms with Gasteiger partial charge in [0.15, 0.2) is 0 Å². The van der Waals surface area contributed by atoms with Gasteiger partial charge in [-0.3, -0.25) is 0 Å². The lowest BCUT2D eigenvalue weighted by molar-refractivity contribution is 0.0970. The molecule has 0 aliphatic rings. The van der Waals surface area contributed by atoms with Crippen LogP contribution in [0.5, 0.6) is 0 Å². The van der Waals surface area contributed by atoms with Gasteiger partial charge in [0, 0.05) is 21.7 Å². The van der Waals surface area contributed by atoms with E-state index in [1.807, 2.05) is 0 Å². The van der Waals surface area contributed by atoms with Gasteiger partial charge in [-0.1, -0.05) is 34.1 Å². The lowest BCUT2D eigenvalue weighted by Gasteiger charge is -2.26. The van der Waals surface area contributed by atoms with Gasteiger partial charge in [0.1, 0.15) is 17.2 Å². The van der Waals surface area contributed by atoms with Crippen LogP contribution >= 0.6 is 15.9 Å². The Morgan fingerprint density at radius 3 is 2.33 bits per heavy atom. The van der Waals surface area contributed by atoms with Gasteiger partial charge in [-0.2, -0.15) is 0 Å². The number of halogens is 3. The molecule has 0 spiro atoms. The Bertz CT molecular complexity index is 582. The second-order valence-electron chi connectivity index (χ2n) is 4.18. The van der Waals surface area contributed by atoms with Gasteiger partial charge in [0.25, 0.3) is 0 Å². The van der Waals surface area contributed by atoms with E-state index in [0.717, 1.165) is 12.1 Å². The normalized spacial score (nSPS) is 14.3. The Balaban J connectivity index is 2.58. The fourth-order valence-electron chi connectivity index (χ4n) is 1.89. The number of benzene rings is 2. The van der Waals surface area contributed by atoms with Crippen molar-refractivity contribution in [1.82, 2.24) is 0 Å². The topological polar surface area (TPSA) is 20.2 Å². The van der Waals surface area contributed by atoms with Gasteiger partial charge < -0.3 is 5.11 Å². The van der Waals surface area contributed by atoms with E-state index in [1.165, 1.54) is 13.0 Å². The molecule has 0 amide bonds. The molecule has 0 bridgehead atoms. The molecular weight excluding hydrogens is 302 g/mol. The molecule has 0 aliphatic heterocycles. The summed E-state index contributed by atoms with van der Waals surface area (Å²) in [7, 11) is 0. The molecule has 4 heteroatoms. The van der Waals surface area contributed by atoms with Crippen molar-refractivity contribution in [1.29, 1.82) is 0 Å². The Kier molecular flexibility index (Phi) is 3.50. The minimum absolute atomic E-state index is 0.0378. The Morgan fingerprint density at radius 1 is 1.06 bits per heavy atom. The van der Waals surface area contributed by atoms with Crippen LogP contribution in [-0.2, 0) is 5.60 Å². The highest BCUT2D eigenvalue weighted by atomic mass is 79.9. The number of rotatable bonds is 2. The van der Waals surface area contributed by atoms with Crippen LogP contribution in [0.15, 0.2) is 46.9 Å². The third-order valence-corrected chi connectivity index (χ3v) is 3.55. The van der Waals surface area contributed by atoms with Crippen LogP contribution in [0, 0.1) is 11.6 Å². The number of hydrogen-bond donors (Lipinski definition) is 1. The van der Waals surface area contributed by atoms with Crippen LogP contribution in [-0.4, -0.2) is 5.11 Å². The van der Waals surface area contributed by atoms with Gasteiger partial charge >= 0.3 is 0 Å². The second kappa shape index (κ2) is 4.78. The van der Waals surface area contributed by atoms with Gasteiger partial charge in [-0.15, -0.1) is 0 Å². The van der Waals surface area contributed by atoms with Crippen LogP contribution in [0.2, 0.25) is 0 Å². The molecule has 18 heavy (non-hydrogen) atoms. The molecule has 0 aliphatic carbocycles. The smallest absolute Gasteiger partial charge is 0.132 e. The molecule has 1 atom stereocenters. The van der Waals surface area contributed by atoms with Gasteiger partial charge in [0.05, 0.1) is 0 Å². The predicted octanol–water partition coefficient (Wildman–Crippen LogP) is 3.98. The summed E-state index contributed by atoms with van der Waals surface area (Å²) in [5.74, 6) is -1.44. The predicted molar refractivity (Wildman–Crippen MR) is 69.2 cm³/mol. The Labute approximate surface area is 112 Å². The second-order valence-corrected chi connectivity index (χ2v) is 5.03. The van der Waals surface area contributed by atoms with Gasteiger partial charge in [-0.05, 0) is 25.1 Å². The summed E-state index contributed by atoms with van der Waals surface area (Å²) in [4.78, 5) is 0. The molecule has 1 nitrogen and oxygen atoms in total. The molecule has 2 rings (SSSR count). The zero-order valence-electron chi connectivity index (χ0n) is 9.62. The van der Waals surface area contributed by atoms with Crippen LogP contribution in [0.3, 0.4) is 0 Å². The molecular formula is C14H11BrF2O. The molecule has 0 saturated carbocycles. The Morgan fingerprint density at radius 2 is 1.72 bits per heavy atom. The lowest BCUT2D eigenvalue weighted by Crippen LogP contribution is -2.25. The molecule has 1 N–H and O–H groups in total. The van der Waals surface area contributed by atoms with Crippen molar-refractivity contribution >= 4 is 15.9 Å². The van der Waals surface area contributed by atoms with Crippen molar-refractivity contribution in [2.45, 2.75) is 12.5 Å². The summed E-state index contributed by atoms with van der Waals surface area (Å²) in [6.45, 7) is 1.48. The maximum atomic E-state index is 13.7. The molecule has 1 unspecified atom stereocenters. The third-order valence-electron chi connectivity index (χ3n) is 2.85. The van der Waals surface area contributed by atoms with E-state index < -0.39 is 17.2 Å². The van der Waals surface area contributed by atoms with E-state index in [0.29, 0.717) is 10.0 Å². The van der Waals surface area contributed by atoms with E-state index >= 15 is 0 Å². The van der Waals surface area contributed by atoms with Crippen molar-refractivity contribution < 1.29 is 13.9 Å². The molecule has 0 heterocycles. The minimum atomic E-state index is -1.53. The first-order chi connectivity index (χ1) is 8.43. The van der Waals surface area contributed by atoms with E-state index in [2.05, 4.69) is 15.9 Å². The highest BCUT2D eigenvalue weighted by Gasteiger charge is 2.30. The molecule has 2 aromatic rings. The fourth-order valence-corrected chi connectivity index (χ4v) is 2.56. The molecule has 0 saturated heterocycles. The van der Waals surface area contributed by atoms with Crippen LogP contribution < -0.4 is 0 Å². The summed E-state index contributed by atoms with van der Waals surface area (Å²) in [5, 5.41) is 10.5. The molecule has 94 valence electrons. The first kappa shape index (κ1) is 13.2. The largest absolute Gasteiger partial charge is 0.381 e. The maximum Gasteiger partial charge on any atom is 0.132 e. The highest BCUT2D eigenvalue weighted by molar-refractivity contribution is 9.10. The monoisotopic (exact) mass is 312 g/mol. The van der Waals surface area contributed by atoms with Gasteiger partial charge in [-0.25, -0.2) is 8.78 Å². The molecule has 0 aromatic heterocycles. The lowest BCUT2D eigenvalue weighted by atomic mass is 9.88. The van der Waals surface area contributed by atoms with E-state index in [-0.39, 0.29) is 5.56 Å². The van der Waals surface area contributed by atoms with Gasteiger partial charge in [0.2, 0.25) is 0 Å². The zero-order chi connectivity index (χ0) is 13.3. The quantitative estimate of drug-likeness (QED) is 0.889. The minimum Gasteiger partial charge on any atom is -0.381 e. The maximum absolute atomic E-state index is 13.7. The first-order valence-electron chi connectivity index (χ1n) is 5.36. The molecule has 2 aromatic carbocycles. The van der Waals surface area contributed by atoms with Crippen LogP contribution in [0.4, 0.5) is 8.78 Å². The third kappa shape index (κ3) is 2.31. The average Bonchev–Trinajstić information content (AvgIpc) is 2.28. The van der Waals surface area contributed by atoms with Crippen molar-refractivity contribution in [2.24, 2.45) is 0 Å². The highest BCUT2D eigenvalue weighted by Crippen LogP contribution is 2.35. The zero-order valence-corrected chi connectivity index (χ0v) is 11.2. The summed E-state index contributed by atoms with van der Waals surface area (Å²) < 4.78 is 27.3. The Hall–Kier alpha value is -1.26. The standard InChI is InChI=1S/C14H11BrF2O/c1-14(18,10-4-2-3-5-12(10)15)11-7-6-9(16)8-13(11)17/h2-8,18H,1H3. The summed E-state index contributed by atoms with van der Waals surface area (Å²) >= 11 is 3.31.